The van der Waals surface area contributed by atoms with Crippen LogP contribution in [0.4, 0.5) is 57.0 Å². The van der Waals surface area contributed by atoms with Crippen LogP contribution in [-0.2, 0) is 0 Å². The molecule has 16 heteroatoms. The van der Waals surface area contributed by atoms with Crippen molar-refractivity contribution in [2.45, 2.75) is 25.1 Å². The summed E-state index contributed by atoms with van der Waals surface area (Å²) in [6.07, 6.45) is -16.2. The van der Waals surface area contributed by atoms with Crippen LogP contribution in [0.5, 0.6) is 11.5 Å². The van der Waals surface area contributed by atoms with Crippen LogP contribution in [0.1, 0.15) is 5.56 Å². The number of halogens is 9. The Bertz CT molecular complexity index is 1210. The van der Waals surface area contributed by atoms with E-state index in [1.807, 2.05) is 0 Å². The molecule has 0 spiro atoms. The molecule has 0 radical (unpaired) electrons. The summed E-state index contributed by atoms with van der Waals surface area (Å²) in [4.78, 5) is 7.38. The Balaban J connectivity index is 1.61. The van der Waals surface area contributed by atoms with Gasteiger partial charge in [0.25, 0.3) is 0 Å². The minimum Gasteiger partial charge on any atom is -0.428 e. The molecule has 0 aliphatic carbocycles. The number of alkyl halides is 8. The van der Waals surface area contributed by atoms with Crippen molar-refractivity contribution in [3.63, 3.8) is 0 Å². The second kappa shape index (κ2) is 11.2. The molecule has 0 amide bonds. The molecular formula is C21H14F9N5O2. The van der Waals surface area contributed by atoms with Crippen LogP contribution in [0, 0.1) is 5.95 Å². The third-order valence-corrected chi connectivity index (χ3v) is 4.10. The molecule has 0 aliphatic rings. The Hall–Kier alpha value is -4.24. The number of nitrogens with one attached hydrogen (secondary N) is 2. The topological polar surface area (TPSA) is 80.7 Å². The lowest BCUT2D eigenvalue weighted by Crippen LogP contribution is -2.33. The summed E-state index contributed by atoms with van der Waals surface area (Å²) in [5.41, 5.74) is 2.84. The summed E-state index contributed by atoms with van der Waals surface area (Å²) in [7, 11) is 0. The molecule has 1 heterocycles. The minimum atomic E-state index is -4.68. The number of hydrogen-bond acceptors (Lipinski definition) is 7. The van der Waals surface area contributed by atoms with Crippen molar-refractivity contribution >= 4 is 23.7 Å². The summed E-state index contributed by atoms with van der Waals surface area (Å²) >= 11 is 0. The van der Waals surface area contributed by atoms with Gasteiger partial charge in [-0.1, -0.05) is 0 Å². The standard InChI is InChI=1S/C21H14F9N5O2/c22-15-9-16(32-12-3-7-14(8-4-12)37-21(29,30)18(25)26)34-19(33-15)35-31-10-11-1-5-13(6-2-11)36-20(27,28)17(23)24/h1-10,17-18H,(H2,32,33,34,35). The normalized spacial score (nSPS) is 12.3. The van der Waals surface area contributed by atoms with E-state index in [2.05, 4.69) is 35.3 Å². The van der Waals surface area contributed by atoms with Gasteiger partial charge in [0.1, 0.15) is 17.3 Å². The molecule has 0 saturated carbocycles. The van der Waals surface area contributed by atoms with Crippen LogP contribution in [-0.4, -0.2) is 41.3 Å². The van der Waals surface area contributed by atoms with E-state index in [1.165, 1.54) is 24.3 Å². The van der Waals surface area contributed by atoms with Crippen LogP contribution in [0.25, 0.3) is 0 Å². The van der Waals surface area contributed by atoms with Crippen molar-refractivity contribution in [2.75, 3.05) is 10.7 Å². The summed E-state index contributed by atoms with van der Waals surface area (Å²) in [6.45, 7) is 0. The number of hydrogen-bond donors (Lipinski definition) is 2. The van der Waals surface area contributed by atoms with Gasteiger partial charge in [0, 0.05) is 11.8 Å². The van der Waals surface area contributed by atoms with Crippen molar-refractivity contribution in [3.05, 3.63) is 66.1 Å². The number of rotatable bonds is 11. The fourth-order valence-electron chi connectivity index (χ4n) is 2.48. The van der Waals surface area contributed by atoms with Crippen molar-refractivity contribution in [3.8, 4) is 11.5 Å². The zero-order valence-corrected chi connectivity index (χ0v) is 18.0. The molecular weight excluding hydrogens is 525 g/mol. The van der Waals surface area contributed by atoms with Crippen LogP contribution >= 0.6 is 0 Å². The number of aromatic nitrogens is 2. The van der Waals surface area contributed by atoms with Gasteiger partial charge >= 0.3 is 25.1 Å². The predicted octanol–water partition coefficient (Wildman–Crippen LogP) is 6.28. The van der Waals surface area contributed by atoms with Gasteiger partial charge in [-0.15, -0.1) is 0 Å². The molecule has 198 valence electrons. The monoisotopic (exact) mass is 539 g/mol. The van der Waals surface area contributed by atoms with Crippen molar-refractivity contribution < 1.29 is 49.0 Å². The summed E-state index contributed by atoms with van der Waals surface area (Å²) in [5, 5.41) is 6.38. The molecule has 7 nitrogen and oxygen atoms in total. The summed E-state index contributed by atoms with van der Waals surface area (Å²) in [6, 6.07) is 9.68. The lowest BCUT2D eigenvalue weighted by atomic mass is 10.2. The zero-order valence-electron chi connectivity index (χ0n) is 18.0. The number of nitrogens with zero attached hydrogens (tertiary/aromatic N) is 3. The molecule has 0 saturated heterocycles. The lowest BCUT2D eigenvalue weighted by Gasteiger charge is -2.17. The Morgan fingerprint density at radius 2 is 1.30 bits per heavy atom. The highest BCUT2D eigenvalue weighted by Crippen LogP contribution is 2.29. The summed E-state index contributed by atoms with van der Waals surface area (Å²) in [5.74, 6) is -2.47. The van der Waals surface area contributed by atoms with E-state index in [4.69, 9.17) is 0 Å². The molecule has 0 unspecified atom stereocenters. The van der Waals surface area contributed by atoms with E-state index in [9.17, 15) is 39.5 Å². The van der Waals surface area contributed by atoms with Gasteiger partial charge in [0.2, 0.25) is 11.9 Å². The fourth-order valence-corrected chi connectivity index (χ4v) is 2.48. The van der Waals surface area contributed by atoms with E-state index >= 15 is 0 Å². The summed E-state index contributed by atoms with van der Waals surface area (Å²) < 4.78 is 122. The van der Waals surface area contributed by atoms with Crippen LogP contribution in [0.2, 0.25) is 0 Å². The van der Waals surface area contributed by atoms with Crippen molar-refractivity contribution in [1.29, 1.82) is 0 Å². The number of anilines is 3. The molecule has 0 aliphatic heterocycles. The number of hydrazone groups is 1. The number of benzene rings is 2. The quantitative estimate of drug-likeness (QED) is 0.129. The maximum absolute atomic E-state index is 13.9. The molecule has 1 aromatic heterocycles. The van der Waals surface area contributed by atoms with Gasteiger partial charge < -0.3 is 14.8 Å². The zero-order chi connectivity index (χ0) is 27.2. The Morgan fingerprint density at radius 1 is 0.784 bits per heavy atom. The van der Waals surface area contributed by atoms with Gasteiger partial charge in [0.05, 0.1) is 6.21 Å². The van der Waals surface area contributed by atoms with E-state index in [0.717, 1.165) is 36.5 Å². The first-order valence-electron chi connectivity index (χ1n) is 9.85. The smallest absolute Gasteiger partial charge is 0.428 e. The molecule has 0 atom stereocenters. The first-order chi connectivity index (χ1) is 17.3. The lowest BCUT2D eigenvalue weighted by molar-refractivity contribution is -0.253. The van der Waals surface area contributed by atoms with Crippen molar-refractivity contribution in [1.82, 2.24) is 9.97 Å². The van der Waals surface area contributed by atoms with Crippen LogP contribution < -0.4 is 20.2 Å². The molecule has 3 aromatic rings. The van der Waals surface area contributed by atoms with E-state index in [-0.39, 0.29) is 17.5 Å². The van der Waals surface area contributed by atoms with Gasteiger partial charge in [-0.05, 0) is 54.1 Å². The SMILES string of the molecule is Fc1cc(Nc2ccc(OC(F)(F)C(F)F)cc2)nc(NN=Cc2ccc(OC(F)(F)C(F)F)cc2)n1. The average molecular weight is 539 g/mol. The molecule has 0 bridgehead atoms. The highest BCUT2D eigenvalue weighted by Gasteiger charge is 2.44. The molecule has 2 aromatic carbocycles. The Morgan fingerprint density at radius 3 is 1.81 bits per heavy atom. The maximum Gasteiger partial charge on any atom is 0.461 e. The first-order valence-corrected chi connectivity index (χ1v) is 9.85. The van der Waals surface area contributed by atoms with Crippen LogP contribution in [0.15, 0.2) is 59.7 Å². The second-order valence-corrected chi connectivity index (χ2v) is 6.92. The third-order valence-electron chi connectivity index (χ3n) is 4.10. The van der Waals surface area contributed by atoms with Gasteiger partial charge in [-0.3, -0.25) is 0 Å². The van der Waals surface area contributed by atoms with Crippen molar-refractivity contribution in [2.24, 2.45) is 5.10 Å². The van der Waals surface area contributed by atoms with Gasteiger partial charge in [0.15, 0.2) is 0 Å². The van der Waals surface area contributed by atoms with Gasteiger partial charge in [-0.25, -0.2) is 5.43 Å². The Labute approximate surface area is 201 Å². The molecule has 3 rings (SSSR count). The van der Waals surface area contributed by atoms with E-state index in [0.29, 0.717) is 5.56 Å². The molecule has 0 fully saturated rings. The average Bonchev–Trinajstić information content (AvgIpc) is 2.80. The maximum atomic E-state index is 13.9. The fraction of sp³-hybridized carbons (Fsp3) is 0.190. The third kappa shape index (κ3) is 7.88. The highest BCUT2D eigenvalue weighted by molar-refractivity contribution is 5.80. The largest absolute Gasteiger partial charge is 0.461 e. The minimum absolute atomic E-state index is 0.0989. The predicted molar refractivity (Wildman–Crippen MR) is 113 cm³/mol. The van der Waals surface area contributed by atoms with Gasteiger partial charge in [-0.2, -0.15) is 54.6 Å². The molecule has 37 heavy (non-hydrogen) atoms. The van der Waals surface area contributed by atoms with Crippen LogP contribution in [0.3, 0.4) is 0 Å². The van der Waals surface area contributed by atoms with E-state index in [1.54, 1.807) is 0 Å². The van der Waals surface area contributed by atoms with E-state index < -0.39 is 42.5 Å². The second-order valence-electron chi connectivity index (χ2n) is 6.92. The first kappa shape index (κ1) is 27.3. The number of ether oxygens (including phenoxy) is 2. The Kier molecular flexibility index (Phi) is 8.29. The highest BCUT2D eigenvalue weighted by atomic mass is 19.3. The molecule has 2 N–H and O–H groups in total.